The topological polar surface area (TPSA) is 166 Å². The fraction of sp³-hybridized carbons (Fsp3) is 0.419. The van der Waals surface area contributed by atoms with Crippen LogP contribution in [0.25, 0.3) is 28.0 Å². The number of amidine groups is 1. The van der Waals surface area contributed by atoms with Gasteiger partial charge in [-0.25, -0.2) is 9.18 Å². The van der Waals surface area contributed by atoms with Crippen LogP contribution in [-0.4, -0.2) is 51.0 Å². The number of fused-ring (bicyclic) bond motifs is 1. The first kappa shape index (κ1) is 33.5. The monoisotopic (exact) mass is 643 g/mol. The highest BCUT2D eigenvalue weighted by molar-refractivity contribution is 6.31. The van der Waals surface area contributed by atoms with Gasteiger partial charge in [0.15, 0.2) is 5.82 Å². The summed E-state index contributed by atoms with van der Waals surface area (Å²) in [6.45, 7) is 5.56. The first-order valence-electron chi connectivity index (χ1n) is 14.9. The number of H-pyrrole nitrogens is 1. The molecule has 10 nitrogen and oxygen atoms in total. The van der Waals surface area contributed by atoms with E-state index < -0.39 is 11.5 Å². The molecule has 2 atom stereocenters. The van der Waals surface area contributed by atoms with Gasteiger partial charge in [-0.2, -0.15) is 4.98 Å². The van der Waals surface area contributed by atoms with Crippen molar-refractivity contribution >= 4 is 40.1 Å². The van der Waals surface area contributed by atoms with E-state index in [0.29, 0.717) is 64.0 Å². The van der Waals surface area contributed by atoms with Crippen LogP contribution >= 0.6 is 23.2 Å². The number of nitrogens with one attached hydrogen (secondary N) is 2. The summed E-state index contributed by atoms with van der Waals surface area (Å²) >= 11 is 13.0. The van der Waals surface area contributed by atoms with Crippen LogP contribution in [0.3, 0.4) is 0 Å². The summed E-state index contributed by atoms with van der Waals surface area (Å²) in [5.41, 5.74) is 19.7. The van der Waals surface area contributed by atoms with Gasteiger partial charge in [-0.05, 0) is 75.4 Å². The number of nitrogens with zero attached hydrogens (tertiary/aromatic N) is 4. The average Bonchev–Trinajstić information content (AvgIpc) is 3.40. The van der Waals surface area contributed by atoms with Crippen molar-refractivity contribution in [1.29, 1.82) is 0 Å². The molecule has 44 heavy (non-hydrogen) atoms. The summed E-state index contributed by atoms with van der Waals surface area (Å²) < 4.78 is 16.5. The molecule has 4 aromatic rings. The zero-order valence-electron chi connectivity index (χ0n) is 25.0. The number of rotatable bonds is 15. The van der Waals surface area contributed by atoms with E-state index in [-0.39, 0.29) is 23.7 Å². The molecular weight excluding hydrogens is 604 g/mol. The van der Waals surface area contributed by atoms with Crippen LogP contribution in [0.15, 0.2) is 46.4 Å². The molecule has 0 fully saturated rings. The van der Waals surface area contributed by atoms with Crippen molar-refractivity contribution in [3.8, 4) is 16.9 Å². The van der Waals surface area contributed by atoms with Crippen molar-refractivity contribution in [1.82, 2.24) is 24.8 Å². The lowest BCUT2D eigenvalue weighted by molar-refractivity contribution is 0.480. The molecule has 0 aliphatic heterocycles. The molecule has 2 unspecified atom stereocenters. The Hall–Kier alpha value is -3.35. The highest BCUT2D eigenvalue weighted by atomic mass is 35.5. The van der Waals surface area contributed by atoms with E-state index in [1.165, 1.54) is 4.57 Å². The van der Waals surface area contributed by atoms with Crippen LogP contribution in [0, 0.1) is 5.82 Å². The number of aromatic amines is 1. The minimum Gasteiger partial charge on any atom is -0.386 e. The van der Waals surface area contributed by atoms with E-state index in [2.05, 4.69) is 32.2 Å². The molecule has 0 saturated carbocycles. The number of aromatic nitrogens is 4. The standard InChI is InChI=1S/C31H40Cl2FN9O/c1-3-6-25(38-9-5-10-39-27(37)15-35)29-24(33)14-21(16-40-29)43-17-20-13-26(41-30(20)42-31(43)44)22-11-19(8-4-7-18(2)36)12-23(32)28(22)34/h11-14,16-18,25,38H,3-10,15,35-36H2,1-2H3,(H2,37,39)(H,41,42,44). The normalized spacial score (nSPS) is 13.5. The van der Waals surface area contributed by atoms with Gasteiger partial charge in [0.2, 0.25) is 0 Å². The van der Waals surface area contributed by atoms with Gasteiger partial charge in [0, 0.05) is 29.7 Å². The maximum absolute atomic E-state index is 15.1. The Morgan fingerprint density at radius 3 is 2.68 bits per heavy atom. The molecule has 3 heterocycles. The molecule has 0 saturated heterocycles. The molecule has 13 heteroatoms. The first-order chi connectivity index (χ1) is 21.1. The number of aryl methyl sites for hydroxylation is 1. The van der Waals surface area contributed by atoms with Crippen molar-refractivity contribution in [2.45, 2.75) is 64.5 Å². The van der Waals surface area contributed by atoms with E-state index in [0.717, 1.165) is 37.7 Å². The van der Waals surface area contributed by atoms with Crippen LogP contribution in [0.5, 0.6) is 0 Å². The third-order valence-electron chi connectivity index (χ3n) is 7.30. The van der Waals surface area contributed by atoms with Gasteiger partial charge in [-0.1, -0.05) is 36.5 Å². The van der Waals surface area contributed by atoms with E-state index in [9.17, 15) is 4.79 Å². The summed E-state index contributed by atoms with van der Waals surface area (Å²) in [5.74, 6) is -0.109. The van der Waals surface area contributed by atoms with Crippen LogP contribution in [0.2, 0.25) is 10.0 Å². The zero-order chi connectivity index (χ0) is 31.8. The van der Waals surface area contributed by atoms with E-state index >= 15 is 4.39 Å². The van der Waals surface area contributed by atoms with Gasteiger partial charge in [-0.3, -0.25) is 14.5 Å². The number of hydrogen-bond acceptors (Lipinski definition) is 7. The number of benzene rings is 1. The molecule has 8 N–H and O–H groups in total. The van der Waals surface area contributed by atoms with Crippen LogP contribution in [0.1, 0.15) is 63.3 Å². The lowest BCUT2D eigenvalue weighted by Gasteiger charge is -2.19. The van der Waals surface area contributed by atoms with Crippen molar-refractivity contribution in [3.63, 3.8) is 0 Å². The molecule has 3 aromatic heterocycles. The predicted octanol–water partition coefficient (Wildman–Crippen LogP) is 5.03. The Morgan fingerprint density at radius 1 is 1.18 bits per heavy atom. The SMILES string of the molecule is CCCC(NCCCN=C(N)CN)c1ncc(-n2cc3cc(-c4cc(CCCC(C)N)cc(Cl)c4F)[nH]c3nc2=O)cc1Cl. The van der Waals surface area contributed by atoms with E-state index in [1.807, 2.05) is 6.92 Å². The van der Waals surface area contributed by atoms with Crippen LogP contribution in [0.4, 0.5) is 4.39 Å². The fourth-order valence-electron chi connectivity index (χ4n) is 5.03. The van der Waals surface area contributed by atoms with E-state index in [4.69, 9.17) is 40.4 Å². The first-order valence-corrected chi connectivity index (χ1v) is 15.6. The number of aliphatic imine (C=N–C) groups is 1. The summed E-state index contributed by atoms with van der Waals surface area (Å²) in [5, 5.41) is 4.57. The quantitative estimate of drug-likeness (QED) is 0.0688. The number of pyridine rings is 1. The number of nitrogens with two attached hydrogens (primary N) is 3. The molecule has 0 radical (unpaired) electrons. The Kier molecular flexibility index (Phi) is 11.9. The maximum Gasteiger partial charge on any atom is 0.354 e. The van der Waals surface area contributed by atoms with Crippen LogP contribution < -0.4 is 28.2 Å². The molecule has 236 valence electrons. The second kappa shape index (κ2) is 15.6. The van der Waals surface area contributed by atoms with Crippen molar-refractivity contribution in [3.05, 3.63) is 74.3 Å². The third-order valence-corrected chi connectivity index (χ3v) is 7.88. The molecule has 0 amide bonds. The summed E-state index contributed by atoms with van der Waals surface area (Å²) in [4.78, 5) is 29.2. The fourth-order valence-corrected chi connectivity index (χ4v) is 5.57. The highest BCUT2D eigenvalue weighted by Gasteiger charge is 2.18. The Balaban J connectivity index is 1.58. The predicted molar refractivity (Wildman–Crippen MR) is 177 cm³/mol. The Morgan fingerprint density at radius 2 is 1.98 bits per heavy atom. The smallest absolute Gasteiger partial charge is 0.354 e. The van der Waals surface area contributed by atoms with Crippen LogP contribution in [-0.2, 0) is 6.42 Å². The number of halogens is 3. The third kappa shape index (κ3) is 8.42. The number of hydrogen-bond donors (Lipinski definition) is 5. The van der Waals surface area contributed by atoms with E-state index in [1.54, 1.807) is 36.7 Å². The highest BCUT2D eigenvalue weighted by Crippen LogP contribution is 2.32. The lowest BCUT2D eigenvalue weighted by Crippen LogP contribution is -2.26. The molecule has 0 aliphatic carbocycles. The van der Waals surface area contributed by atoms with Gasteiger partial charge in [-0.15, -0.1) is 0 Å². The minimum atomic E-state index is -0.543. The molecule has 0 spiro atoms. The summed E-state index contributed by atoms with van der Waals surface area (Å²) in [7, 11) is 0. The van der Waals surface area contributed by atoms with Crippen molar-refractivity contribution < 1.29 is 4.39 Å². The second-order valence-electron chi connectivity index (χ2n) is 11.0. The van der Waals surface area contributed by atoms with Gasteiger partial charge < -0.3 is 27.5 Å². The minimum absolute atomic E-state index is 0.0333. The lowest BCUT2D eigenvalue weighted by atomic mass is 10.0. The van der Waals surface area contributed by atoms with Gasteiger partial charge >= 0.3 is 5.69 Å². The Labute approximate surface area is 266 Å². The molecule has 4 rings (SSSR count). The zero-order valence-corrected chi connectivity index (χ0v) is 26.6. The second-order valence-corrected chi connectivity index (χ2v) is 11.8. The van der Waals surface area contributed by atoms with Crippen molar-refractivity contribution in [2.24, 2.45) is 22.2 Å². The summed E-state index contributed by atoms with van der Waals surface area (Å²) in [6.07, 6.45) is 8.20. The van der Waals surface area contributed by atoms with Gasteiger partial charge in [0.1, 0.15) is 11.5 Å². The molecule has 0 aliphatic rings. The van der Waals surface area contributed by atoms with Gasteiger partial charge in [0.25, 0.3) is 0 Å². The average molecular weight is 645 g/mol. The largest absolute Gasteiger partial charge is 0.386 e. The Bertz CT molecular complexity index is 1670. The maximum atomic E-state index is 15.1. The summed E-state index contributed by atoms with van der Waals surface area (Å²) in [6, 6.07) is 6.87. The molecular formula is C31H40Cl2FN9O. The molecule has 1 aromatic carbocycles. The molecule has 0 bridgehead atoms. The van der Waals surface area contributed by atoms with Crippen molar-refractivity contribution in [2.75, 3.05) is 19.6 Å². The van der Waals surface area contributed by atoms with Gasteiger partial charge in [0.05, 0.1) is 45.9 Å².